The fraction of sp³-hybridized carbons (Fsp3) is 0.0526. The molecule has 7 nitrogen and oxygen atoms in total. The van der Waals surface area contributed by atoms with Crippen molar-refractivity contribution in [2.75, 3.05) is 5.32 Å². The second-order valence-electron chi connectivity index (χ2n) is 5.51. The SMILES string of the molecule is O=C(Cc1csc(NC(=O)c2ccccc2)n1)NNC(=O)c1ccccc1. The molecular weight excluding hydrogens is 364 g/mol. The van der Waals surface area contributed by atoms with Crippen LogP contribution >= 0.6 is 11.3 Å². The molecule has 1 heterocycles. The molecule has 0 bridgehead atoms. The normalized spacial score (nSPS) is 10.1. The smallest absolute Gasteiger partial charge is 0.269 e. The molecule has 1 aromatic heterocycles. The van der Waals surface area contributed by atoms with Crippen molar-refractivity contribution in [2.24, 2.45) is 0 Å². The Kier molecular flexibility index (Phi) is 5.91. The van der Waals surface area contributed by atoms with E-state index in [1.807, 2.05) is 6.07 Å². The van der Waals surface area contributed by atoms with Crippen molar-refractivity contribution in [1.82, 2.24) is 15.8 Å². The van der Waals surface area contributed by atoms with Gasteiger partial charge in [-0.2, -0.15) is 0 Å². The van der Waals surface area contributed by atoms with E-state index in [-0.39, 0.29) is 12.3 Å². The summed E-state index contributed by atoms with van der Waals surface area (Å²) in [5.41, 5.74) is 6.15. The first-order valence-corrected chi connectivity index (χ1v) is 8.95. The van der Waals surface area contributed by atoms with Crippen LogP contribution in [0, 0.1) is 0 Å². The van der Waals surface area contributed by atoms with E-state index in [1.54, 1.807) is 60.0 Å². The van der Waals surface area contributed by atoms with Crippen molar-refractivity contribution in [3.8, 4) is 0 Å². The van der Waals surface area contributed by atoms with Gasteiger partial charge in [-0.15, -0.1) is 11.3 Å². The number of carbonyl (C=O) groups excluding carboxylic acids is 3. The molecular formula is C19H16N4O3S. The van der Waals surface area contributed by atoms with E-state index < -0.39 is 11.8 Å². The average molecular weight is 380 g/mol. The highest BCUT2D eigenvalue weighted by Crippen LogP contribution is 2.16. The summed E-state index contributed by atoms with van der Waals surface area (Å²) in [4.78, 5) is 40.1. The maximum atomic E-state index is 12.1. The van der Waals surface area contributed by atoms with E-state index in [1.165, 1.54) is 11.3 Å². The van der Waals surface area contributed by atoms with E-state index in [0.29, 0.717) is 22.0 Å². The van der Waals surface area contributed by atoms with Crippen LogP contribution in [0.2, 0.25) is 0 Å². The lowest BCUT2D eigenvalue weighted by Crippen LogP contribution is -2.42. The third-order valence-electron chi connectivity index (χ3n) is 3.50. The van der Waals surface area contributed by atoms with Crippen molar-refractivity contribution < 1.29 is 14.4 Å². The summed E-state index contributed by atoms with van der Waals surface area (Å²) in [7, 11) is 0. The first-order chi connectivity index (χ1) is 13.1. The van der Waals surface area contributed by atoms with Crippen LogP contribution in [0.25, 0.3) is 0 Å². The van der Waals surface area contributed by atoms with Gasteiger partial charge >= 0.3 is 0 Å². The molecule has 136 valence electrons. The molecule has 0 saturated heterocycles. The second-order valence-corrected chi connectivity index (χ2v) is 6.37. The quantitative estimate of drug-likeness (QED) is 0.592. The predicted molar refractivity (Wildman–Crippen MR) is 102 cm³/mol. The van der Waals surface area contributed by atoms with Gasteiger partial charge in [-0.25, -0.2) is 4.98 Å². The van der Waals surface area contributed by atoms with Crippen molar-refractivity contribution in [3.05, 3.63) is 82.9 Å². The van der Waals surface area contributed by atoms with E-state index >= 15 is 0 Å². The summed E-state index contributed by atoms with van der Waals surface area (Å²) in [5.74, 6) is -1.08. The number of benzene rings is 2. The van der Waals surface area contributed by atoms with Crippen LogP contribution < -0.4 is 16.2 Å². The topological polar surface area (TPSA) is 100 Å². The van der Waals surface area contributed by atoms with Gasteiger partial charge in [-0.1, -0.05) is 36.4 Å². The summed E-state index contributed by atoms with van der Waals surface area (Å²) in [5, 5.41) is 4.77. The Morgan fingerprint density at radius 1 is 0.815 bits per heavy atom. The summed E-state index contributed by atoms with van der Waals surface area (Å²) in [6.07, 6.45) is -0.0211. The summed E-state index contributed by atoms with van der Waals surface area (Å²) >= 11 is 1.23. The highest BCUT2D eigenvalue weighted by molar-refractivity contribution is 7.14. The van der Waals surface area contributed by atoms with Crippen LogP contribution in [0.15, 0.2) is 66.0 Å². The number of thiazole rings is 1. The Hall–Kier alpha value is -3.52. The zero-order valence-electron chi connectivity index (χ0n) is 14.1. The van der Waals surface area contributed by atoms with E-state index in [2.05, 4.69) is 21.2 Å². The minimum absolute atomic E-state index is 0.0211. The Balaban J connectivity index is 1.49. The fourth-order valence-electron chi connectivity index (χ4n) is 2.20. The van der Waals surface area contributed by atoms with Crippen LogP contribution in [0.1, 0.15) is 26.4 Å². The lowest BCUT2D eigenvalue weighted by molar-refractivity contribution is -0.121. The van der Waals surface area contributed by atoms with E-state index in [4.69, 9.17) is 0 Å². The van der Waals surface area contributed by atoms with Crippen molar-refractivity contribution in [3.63, 3.8) is 0 Å². The number of amides is 3. The number of aromatic nitrogens is 1. The lowest BCUT2D eigenvalue weighted by Gasteiger charge is -2.06. The zero-order chi connectivity index (χ0) is 19.1. The number of hydrazine groups is 1. The van der Waals surface area contributed by atoms with Crippen molar-refractivity contribution in [2.45, 2.75) is 6.42 Å². The molecule has 3 N–H and O–H groups in total. The number of hydrogen-bond donors (Lipinski definition) is 3. The van der Waals surface area contributed by atoms with Gasteiger partial charge in [0.05, 0.1) is 12.1 Å². The first kappa shape index (κ1) is 18.3. The van der Waals surface area contributed by atoms with E-state index in [0.717, 1.165) is 0 Å². The van der Waals surface area contributed by atoms with Gasteiger partial charge < -0.3 is 0 Å². The Morgan fingerprint density at radius 3 is 2.04 bits per heavy atom. The number of anilines is 1. The van der Waals surface area contributed by atoms with Gasteiger partial charge in [-0.3, -0.25) is 30.6 Å². The molecule has 27 heavy (non-hydrogen) atoms. The first-order valence-electron chi connectivity index (χ1n) is 8.07. The Morgan fingerprint density at radius 2 is 1.41 bits per heavy atom. The highest BCUT2D eigenvalue weighted by Gasteiger charge is 2.12. The third-order valence-corrected chi connectivity index (χ3v) is 4.31. The predicted octanol–water partition coefficient (Wildman–Crippen LogP) is 2.40. The van der Waals surface area contributed by atoms with Gasteiger partial charge in [0.15, 0.2) is 5.13 Å². The zero-order valence-corrected chi connectivity index (χ0v) is 15.0. The largest absolute Gasteiger partial charge is 0.298 e. The molecule has 0 unspecified atom stereocenters. The number of hydrogen-bond acceptors (Lipinski definition) is 5. The molecule has 0 aliphatic heterocycles. The van der Waals surface area contributed by atoms with Gasteiger partial charge in [0, 0.05) is 16.5 Å². The third kappa shape index (κ3) is 5.23. The molecule has 0 aliphatic carbocycles. The number of carbonyl (C=O) groups is 3. The van der Waals surface area contributed by atoms with Gasteiger partial charge in [0.2, 0.25) is 5.91 Å². The molecule has 2 aromatic carbocycles. The minimum Gasteiger partial charge on any atom is -0.298 e. The van der Waals surface area contributed by atoms with Crippen molar-refractivity contribution in [1.29, 1.82) is 0 Å². The maximum Gasteiger partial charge on any atom is 0.269 e. The lowest BCUT2D eigenvalue weighted by atomic mass is 10.2. The molecule has 0 fully saturated rings. The monoisotopic (exact) mass is 380 g/mol. The molecule has 0 atom stereocenters. The molecule has 3 aromatic rings. The summed E-state index contributed by atoms with van der Waals surface area (Å²) in [6.45, 7) is 0. The highest BCUT2D eigenvalue weighted by atomic mass is 32.1. The molecule has 0 aliphatic rings. The van der Waals surface area contributed by atoms with Crippen LogP contribution in [-0.2, 0) is 11.2 Å². The second kappa shape index (κ2) is 8.72. The van der Waals surface area contributed by atoms with Gasteiger partial charge in [0.25, 0.3) is 11.8 Å². The van der Waals surface area contributed by atoms with Crippen LogP contribution in [0.3, 0.4) is 0 Å². The number of rotatable bonds is 5. The average Bonchev–Trinajstić information content (AvgIpc) is 3.14. The number of nitrogens with one attached hydrogen (secondary N) is 3. The summed E-state index contributed by atoms with van der Waals surface area (Å²) in [6, 6.07) is 17.3. The minimum atomic E-state index is -0.412. The Bertz CT molecular complexity index is 942. The van der Waals surface area contributed by atoms with Gasteiger partial charge in [-0.05, 0) is 24.3 Å². The molecule has 8 heteroatoms. The van der Waals surface area contributed by atoms with Crippen LogP contribution in [0.4, 0.5) is 5.13 Å². The maximum absolute atomic E-state index is 12.1. The molecule has 3 amide bonds. The standard InChI is InChI=1S/C19H16N4O3S/c24-16(22-23-18(26)14-9-5-2-6-10-14)11-15-12-27-19(20-15)21-17(25)13-7-3-1-4-8-13/h1-10,12H,11H2,(H,22,24)(H,23,26)(H,20,21,25). The van der Waals surface area contributed by atoms with Crippen LogP contribution in [-0.4, -0.2) is 22.7 Å². The summed E-state index contributed by atoms with van der Waals surface area (Å²) < 4.78 is 0. The van der Waals surface area contributed by atoms with E-state index in [9.17, 15) is 14.4 Å². The molecule has 0 spiro atoms. The molecule has 3 rings (SSSR count). The molecule has 0 saturated carbocycles. The van der Waals surface area contributed by atoms with Crippen molar-refractivity contribution >= 4 is 34.2 Å². The van der Waals surface area contributed by atoms with Crippen LogP contribution in [0.5, 0.6) is 0 Å². The number of nitrogens with zero attached hydrogens (tertiary/aromatic N) is 1. The molecule has 0 radical (unpaired) electrons. The fourth-order valence-corrected chi connectivity index (χ4v) is 2.91. The van der Waals surface area contributed by atoms with Gasteiger partial charge in [0.1, 0.15) is 0 Å². The Labute approximate surface area is 159 Å².